The Labute approximate surface area is 138 Å². The second-order valence-electron chi connectivity index (χ2n) is 4.49. The van der Waals surface area contributed by atoms with Crippen molar-refractivity contribution < 1.29 is 9.59 Å². The van der Waals surface area contributed by atoms with E-state index in [1.165, 1.54) is 18.8 Å². The molecule has 2 N–H and O–H groups in total. The topological polar surface area (TPSA) is 88.9 Å². The summed E-state index contributed by atoms with van der Waals surface area (Å²) >= 11 is 1.21. The highest BCUT2D eigenvalue weighted by molar-refractivity contribution is 7.99. The average molecular weight is 331 g/mol. The number of thioether (sulfide) groups is 1. The molecule has 0 unspecified atom stereocenters. The molecule has 1 aromatic carbocycles. The Hall–Kier alpha value is -2.61. The monoisotopic (exact) mass is 331 g/mol. The number of benzene rings is 1. The summed E-state index contributed by atoms with van der Waals surface area (Å²) in [6.45, 7) is 4.26. The predicted molar refractivity (Wildman–Crippen MR) is 89.0 cm³/mol. The fraction of sp³-hybridized carbons (Fsp3) is 0.200. The van der Waals surface area contributed by atoms with Gasteiger partial charge in [-0.25, -0.2) is 4.79 Å². The Kier molecular flexibility index (Phi) is 5.93. The van der Waals surface area contributed by atoms with Crippen molar-refractivity contribution in [1.82, 2.24) is 25.4 Å². The van der Waals surface area contributed by atoms with Crippen molar-refractivity contribution in [3.8, 4) is 11.4 Å². The highest BCUT2D eigenvalue weighted by Gasteiger charge is 2.15. The summed E-state index contributed by atoms with van der Waals surface area (Å²) in [5.74, 6) is 0.376. The zero-order chi connectivity index (χ0) is 16.7. The van der Waals surface area contributed by atoms with Crippen molar-refractivity contribution in [3.63, 3.8) is 0 Å². The summed E-state index contributed by atoms with van der Waals surface area (Å²) in [6, 6.07) is 9.12. The van der Waals surface area contributed by atoms with E-state index in [1.54, 1.807) is 6.08 Å². The van der Waals surface area contributed by atoms with Crippen LogP contribution in [0, 0.1) is 0 Å². The number of hydrogen-bond acceptors (Lipinski definition) is 5. The van der Waals surface area contributed by atoms with Crippen LogP contribution < -0.4 is 10.6 Å². The van der Waals surface area contributed by atoms with Crippen LogP contribution in [-0.4, -0.2) is 39.5 Å². The molecule has 23 heavy (non-hydrogen) atoms. The van der Waals surface area contributed by atoms with Gasteiger partial charge in [0.2, 0.25) is 5.91 Å². The van der Waals surface area contributed by atoms with Crippen molar-refractivity contribution >= 4 is 23.7 Å². The van der Waals surface area contributed by atoms with Gasteiger partial charge in [0.1, 0.15) is 0 Å². The fourth-order valence-corrected chi connectivity index (χ4v) is 2.59. The minimum atomic E-state index is -0.534. The number of imide groups is 1. The molecule has 0 aliphatic carbocycles. The summed E-state index contributed by atoms with van der Waals surface area (Å²) < 4.78 is 1.88. The van der Waals surface area contributed by atoms with E-state index in [9.17, 15) is 9.59 Å². The second-order valence-corrected chi connectivity index (χ2v) is 5.43. The zero-order valence-electron chi connectivity index (χ0n) is 12.7. The molecule has 8 heteroatoms. The maximum atomic E-state index is 11.7. The van der Waals surface area contributed by atoms with Gasteiger partial charge in [-0.1, -0.05) is 48.2 Å². The third-order valence-electron chi connectivity index (χ3n) is 2.87. The minimum absolute atomic E-state index is 0.0670. The van der Waals surface area contributed by atoms with E-state index in [1.807, 2.05) is 34.9 Å². The third-order valence-corrected chi connectivity index (χ3v) is 3.84. The molecule has 1 heterocycles. The Morgan fingerprint density at radius 3 is 2.70 bits per heavy atom. The van der Waals surface area contributed by atoms with Crippen LogP contribution in [0.5, 0.6) is 0 Å². The molecule has 1 aromatic heterocycles. The van der Waals surface area contributed by atoms with Crippen molar-refractivity contribution in [1.29, 1.82) is 0 Å². The lowest BCUT2D eigenvalue weighted by atomic mass is 10.2. The highest BCUT2D eigenvalue weighted by atomic mass is 32.2. The van der Waals surface area contributed by atoms with Gasteiger partial charge < -0.3 is 5.32 Å². The molecule has 0 spiro atoms. The Morgan fingerprint density at radius 2 is 2.04 bits per heavy atom. The molecule has 0 atom stereocenters. The van der Waals surface area contributed by atoms with Crippen molar-refractivity contribution in [2.75, 3.05) is 12.8 Å². The number of carbonyl (C=O) groups excluding carboxylic acids is 2. The Balaban J connectivity index is 2.13. The SMILES string of the molecule is C=CCn1c(SCC(=O)NC(=O)NC)nnc1-c1ccccc1. The fourth-order valence-electron chi connectivity index (χ4n) is 1.85. The van der Waals surface area contributed by atoms with E-state index in [-0.39, 0.29) is 5.75 Å². The average Bonchev–Trinajstić information content (AvgIpc) is 2.97. The maximum Gasteiger partial charge on any atom is 0.321 e. The van der Waals surface area contributed by atoms with E-state index >= 15 is 0 Å². The number of hydrogen-bond donors (Lipinski definition) is 2. The summed E-state index contributed by atoms with van der Waals surface area (Å²) in [4.78, 5) is 22.8. The molecule has 0 saturated carbocycles. The van der Waals surface area contributed by atoms with Crippen molar-refractivity contribution in [3.05, 3.63) is 43.0 Å². The second kappa shape index (κ2) is 8.14. The number of rotatable bonds is 6. The van der Waals surface area contributed by atoms with Gasteiger partial charge in [0.15, 0.2) is 11.0 Å². The van der Waals surface area contributed by atoms with Gasteiger partial charge in [0.25, 0.3) is 0 Å². The molecule has 0 aliphatic rings. The number of aromatic nitrogens is 3. The lowest BCUT2D eigenvalue weighted by Crippen LogP contribution is -2.38. The van der Waals surface area contributed by atoms with E-state index in [4.69, 9.17) is 0 Å². The molecule has 2 aromatic rings. The van der Waals surface area contributed by atoms with Crippen molar-refractivity contribution in [2.45, 2.75) is 11.7 Å². The Bertz CT molecular complexity index is 699. The number of amides is 3. The number of urea groups is 1. The zero-order valence-corrected chi connectivity index (χ0v) is 13.5. The molecule has 0 aliphatic heterocycles. The quantitative estimate of drug-likeness (QED) is 0.621. The van der Waals surface area contributed by atoms with Gasteiger partial charge in [-0.2, -0.15) is 0 Å². The molecule has 0 bridgehead atoms. The first-order chi connectivity index (χ1) is 11.2. The summed E-state index contributed by atoms with van der Waals surface area (Å²) in [7, 11) is 1.45. The van der Waals surface area contributed by atoms with Crippen LogP contribution in [0.15, 0.2) is 48.1 Å². The molecule has 7 nitrogen and oxygen atoms in total. The molecule has 0 fully saturated rings. The molecular formula is C15H17N5O2S. The van der Waals surface area contributed by atoms with Crippen LogP contribution in [0.1, 0.15) is 0 Å². The van der Waals surface area contributed by atoms with Crippen LogP contribution in [0.2, 0.25) is 0 Å². The van der Waals surface area contributed by atoms with Gasteiger partial charge >= 0.3 is 6.03 Å². The van der Waals surface area contributed by atoms with E-state index < -0.39 is 11.9 Å². The first-order valence-corrected chi connectivity index (χ1v) is 7.88. The number of carbonyl (C=O) groups is 2. The van der Waals surface area contributed by atoms with Crippen LogP contribution in [0.25, 0.3) is 11.4 Å². The molecule has 120 valence electrons. The lowest BCUT2D eigenvalue weighted by Gasteiger charge is -2.07. The summed E-state index contributed by atoms with van der Waals surface area (Å²) in [5.41, 5.74) is 0.934. The first kappa shape index (κ1) is 16.8. The number of nitrogens with zero attached hydrogens (tertiary/aromatic N) is 3. The van der Waals surface area contributed by atoms with Crippen LogP contribution in [0.4, 0.5) is 4.79 Å². The minimum Gasteiger partial charge on any atom is -0.341 e. The van der Waals surface area contributed by atoms with E-state index in [2.05, 4.69) is 27.4 Å². The van der Waals surface area contributed by atoms with Gasteiger partial charge in [0, 0.05) is 19.2 Å². The largest absolute Gasteiger partial charge is 0.341 e. The standard InChI is InChI=1S/C15H17N5O2S/c1-3-9-20-13(11-7-5-4-6-8-11)18-19-15(20)23-10-12(21)17-14(22)16-2/h3-8H,1,9-10H2,2H3,(H2,16,17,21,22). The van der Waals surface area contributed by atoms with Crippen LogP contribution in [-0.2, 0) is 11.3 Å². The van der Waals surface area contributed by atoms with Crippen molar-refractivity contribution in [2.24, 2.45) is 0 Å². The van der Waals surface area contributed by atoms with Crippen LogP contribution in [0.3, 0.4) is 0 Å². The van der Waals surface area contributed by atoms with Gasteiger partial charge in [0.05, 0.1) is 5.75 Å². The lowest BCUT2D eigenvalue weighted by molar-refractivity contribution is -0.117. The van der Waals surface area contributed by atoms with E-state index in [0.29, 0.717) is 17.5 Å². The summed E-state index contributed by atoms with van der Waals surface area (Å²) in [6.07, 6.45) is 1.74. The van der Waals surface area contributed by atoms with Crippen LogP contribution >= 0.6 is 11.8 Å². The summed E-state index contributed by atoms with van der Waals surface area (Å²) in [5, 5.41) is 13.4. The molecule has 3 amide bonds. The predicted octanol–water partition coefficient (Wildman–Crippen LogP) is 1.68. The smallest absolute Gasteiger partial charge is 0.321 e. The first-order valence-electron chi connectivity index (χ1n) is 6.89. The maximum absolute atomic E-state index is 11.7. The highest BCUT2D eigenvalue weighted by Crippen LogP contribution is 2.23. The van der Waals surface area contributed by atoms with Gasteiger partial charge in [-0.15, -0.1) is 16.8 Å². The molecule has 0 saturated heterocycles. The molecule has 2 rings (SSSR count). The third kappa shape index (κ3) is 4.43. The normalized spacial score (nSPS) is 10.1. The number of nitrogens with one attached hydrogen (secondary N) is 2. The molecular weight excluding hydrogens is 314 g/mol. The Morgan fingerprint density at radius 1 is 1.30 bits per heavy atom. The van der Waals surface area contributed by atoms with Gasteiger partial charge in [-0.3, -0.25) is 14.7 Å². The van der Waals surface area contributed by atoms with E-state index in [0.717, 1.165) is 5.56 Å². The molecule has 0 radical (unpaired) electrons. The van der Waals surface area contributed by atoms with Gasteiger partial charge in [-0.05, 0) is 0 Å². The number of allylic oxidation sites excluding steroid dienone is 1.